The van der Waals surface area contributed by atoms with E-state index in [9.17, 15) is 18.4 Å². The van der Waals surface area contributed by atoms with Crippen LogP contribution >= 0.6 is 0 Å². The van der Waals surface area contributed by atoms with Crippen molar-refractivity contribution in [2.45, 2.75) is 39.2 Å². The van der Waals surface area contributed by atoms with Gasteiger partial charge in [-0.15, -0.1) is 0 Å². The van der Waals surface area contributed by atoms with E-state index in [0.29, 0.717) is 12.0 Å². The Morgan fingerprint density at radius 3 is 2.48 bits per heavy atom. The van der Waals surface area contributed by atoms with Crippen LogP contribution in [0.2, 0.25) is 0 Å². The van der Waals surface area contributed by atoms with Crippen molar-refractivity contribution in [2.75, 3.05) is 0 Å². The van der Waals surface area contributed by atoms with Crippen LogP contribution in [-0.4, -0.2) is 23.0 Å². The predicted octanol–water partition coefficient (Wildman–Crippen LogP) is 2.51. The van der Waals surface area contributed by atoms with E-state index in [2.05, 4.69) is 5.32 Å². The largest absolute Gasteiger partial charge is 0.480 e. The molecule has 1 aromatic carbocycles. The lowest BCUT2D eigenvalue weighted by molar-refractivity contribution is -0.143. The van der Waals surface area contributed by atoms with Crippen LogP contribution < -0.4 is 5.32 Å². The maximum atomic E-state index is 13.0. The number of aryl methyl sites for hydroxylation is 1. The van der Waals surface area contributed by atoms with Gasteiger partial charge in [0.25, 0.3) is 0 Å². The topological polar surface area (TPSA) is 66.4 Å². The molecule has 2 N–H and O–H groups in total. The van der Waals surface area contributed by atoms with Crippen molar-refractivity contribution in [2.24, 2.45) is 5.92 Å². The van der Waals surface area contributed by atoms with Gasteiger partial charge in [-0.3, -0.25) is 4.79 Å². The highest BCUT2D eigenvalue weighted by Crippen LogP contribution is 2.11. The lowest BCUT2D eigenvalue weighted by Crippen LogP contribution is -2.45. The fourth-order valence-electron chi connectivity index (χ4n) is 1.88. The Morgan fingerprint density at radius 1 is 1.29 bits per heavy atom. The summed E-state index contributed by atoms with van der Waals surface area (Å²) in [5.74, 6) is -3.59. The monoisotopic (exact) mass is 299 g/mol. The fourth-order valence-corrected chi connectivity index (χ4v) is 1.88. The van der Waals surface area contributed by atoms with Gasteiger partial charge < -0.3 is 10.4 Å². The van der Waals surface area contributed by atoms with Gasteiger partial charge in [0.1, 0.15) is 6.04 Å². The molecule has 0 fully saturated rings. The third-order valence-corrected chi connectivity index (χ3v) is 3.42. The van der Waals surface area contributed by atoms with Gasteiger partial charge in [-0.2, -0.15) is 0 Å². The minimum Gasteiger partial charge on any atom is -0.480 e. The predicted molar refractivity (Wildman–Crippen MR) is 73.7 cm³/mol. The van der Waals surface area contributed by atoms with Crippen molar-refractivity contribution in [3.8, 4) is 0 Å². The van der Waals surface area contributed by atoms with Gasteiger partial charge in [0.15, 0.2) is 11.6 Å². The zero-order valence-corrected chi connectivity index (χ0v) is 12.0. The van der Waals surface area contributed by atoms with E-state index in [1.54, 1.807) is 6.92 Å². The second-order valence-corrected chi connectivity index (χ2v) is 5.02. The summed E-state index contributed by atoms with van der Waals surface area (Å²) in [6, 6.07) is 2.50. The van der Waals surface area contributed by atoms with Crippen LogP contribution in [0, 0.1) is 17.6 Å². The third kappa shape index (κ3) is 5.13. The molecule has 0 aliphatic heterocycles. The maximum absolute atomic E-state index is 13.0. The minimum atomic E-state index is -1.08. The summed E-state index contributed by atoms with van der Waals surface area (Å²) in [5.41, 5.74) is 0.486. The van der Waals surface area contributed by atoms with Crippen LogP contribution in [0.5, 0.6) is 0 Å². The van der Waals surface area contributed by atoms with Gasteiger partial charge in [-0.25, -0.2) is 13.6 Å². The first kappa shape index (κ1) is 17.1. The second kappa shape index (κ2) is 7.71. The molecule has 1 aromatic rings. The lowest BCUT2D eigenvalue weighted by Gasteiger charge is -2.20. The van der Waals surface area contributed by atoms with E-state index in [4.69, 9.17) is 5.11 Å². The number of carboxylic acid groups (broad SMARTS) is 1. The van der Waals surface area contributed by atoms with E-state index >= 15 is 0 Å². The maximum Gasteiger partial charge on any atom is 0.326 e. The summed E-state index contributed by atoms with van der Waals surface area (Å²) < 4.78 is 25.8. The van der Waals surface area contributed by atoms with Crippen molar-refractivity contribution in [3.63, 3.8) is 0 Å². The van der Waals surface area contributed by atoms with Gasteiger partial charge in [-0.1, -0.05) is 26.3 Å². The number of nitrogens with one attached hydrogen (secondary N) is 1. The van der Waals surface area contributed by atoms with Crippen molar-refractivity contribution in [1.29, 1.82) is 0 Å². The average Bonchev–Trinajstić information content (AvgIpc) is 2.44. The number of halogens is 2. The Bertz CT molecular complexity index is 520. The van der Waals surface area contributed by atoms with Crippen LogP contribution in [-0.2, 0) is 16.0 Å². The molecule has 0 aromatic heterocycles. The number of carbonyl (C=O) groups is 2. The quantitative estimate of drug-likeness (QED) is 0.813. The molecule has 1 rings (SSSR count). The number of aliphatic carboxylic acids is 1. The summed E-state index contributed by atoms with van der Waals surface area (Å²) in [6.07, 6.45) is 0.863. The summed E-state index contributed by atoms with van der Waals surface area (Å²) >= 11 is 0. The summed E-state index contributed by atoms with van der Waals surface area (Å²) in [7, 11) is 0. The molecule has 116 valence electrons. The summed E-state index contributed by atoms with van der Waals surface area (Å²) in [4.78, 5) is 22.8. The average molecular weight is 299 g/mol. The zero-order chi connectivity index (χ0) is 16.0. The molecule has 1 unspecified atom stereocenters. The number of hydrogen-bond donors (Lipinski definition) is 2. The van der Waals surface area contributed by atoms with E-state index < -0.39 is 29.6 Å². The molecule has 4 nitrogen and oxygen atoms in total. The second-order valence-electron chi connectivity index (χ2n) is 5.02. The standard InChI is InChI=1S/C15H19F2NO3/c1-3-9(2)14(15(20)21)18-13(19)7-5-10-4-6-11(16)12(17)8-10/h4,6,8-9,14H,3,5,7H2,1-2H3,(H,18,19)(H,20,21)/t9?,14-/m0/s1. The van der Waals surface area contributed by atoms with Gasteiger partial charge >= 0.3 is 5.97 Å². The molecule has 1 amide bonds. The van der Waals surface area contributed by atoms with Crippen molar-refractivity contribution >= 4 is 11.9 Å². The van der Waals surface area contributed by atoms with E-state index in [0.717, 1.165) is 12.1 Å². The van der Waals surface area contributed by atoms with Crippen molar-refractivity contribution in [1.82, 2.24) is 5.32 Å². The highest BCUT2D eigenvalue weighted by molar-refractivity contribution is 5.83. The smallest absolute Gasteiger partial charge is 0.326 e. The highest BCUT2D eigenvalue weighted by Gasteiger charge is 2.24. The van der Waals surface area contributed by atoms with E-state index in [-0.39, 0.29) is 18.8 Å². The van der Waals surface area contributed by atoms with E-state index in [1.165, 1.54) is 6.07 Å². The van der Waals surface area contributed by atoms with Crippen molar-refractivity contribution < 1.29 is 23.5 Å². The molecule has 6 heteroatoms. The number of rotatable bonds is 7. The molecule has 0 aliphatic rings. The molecule has 21 heavy (non-hydrogen) atoms. The number of carbonyl (C=O) groups excluding carboxylic acids is 1. The number of benzene rings is 1. The van der Waals surface area contributed by atoms with Crippen LogP contribution in [0.3, 0.4) is 0 Å². The molecule has 0 heterocycles. The molecule has 0 spiro atoms. The summed E-state index contributed by atoms with van der Waals surface area (Å²) in [5, 5.41) is 11.5. The first-order valence-corrected chi connectivity index (χ1v) is 6.81. The van der Waals surface area contributed by atoms with E-state index in [1.807, 2.05) is 6.92 Å². The molecule has 0 saturated heterocycles. The normalized spacial score (nSPS) is 13.5. The Labute approximate surface area is 122 Å². The van der Waals surface area contributed by atoms with Gasteiger partial charge in [-0.05, 0) is 30.0 Å². The third-order valence-electron chi connectivity index (χ3n) is 3.42. The van der Waals surface area contributed by atoms with Gasteiger partial charge in [0, 0.05) is 6.42 Å². The highest BCUT2D eigenvalue weighted by atomic mass is 19.2. The molecule has 0 bridgehead atoms. The molecular formula is C15H19F2NO3. The Morgan fingerprint density at radius 2 is 1.95 bits per heavy atom. The first-order valence-electron chi connectivity index (χ1n) is 6.81. The van der Waals surface area contributed by atoms with Crippen LogP contribution in [0.25, 0.3) is 0 Å². The number of amides is 1. The van der Waals surface area contributed by atoms with Crippen LogP contribution in [0.1, 0.15) is 32.3 Å². The molecular weight excluding hydrogens is 280 g/mol. The zero-order valence-electron chi connectivity index (χ0n) is 12.0. The van der Waals surface area contributed by atoms with Crippen LogP contribution in [0.15, 0.2) is 18.2 Å². The summed E-state index contributed by atoms with van der Waals surface area (Å²) in [6.45, 7) is 3.59. The number of carboxylic acids is 1. The van der Waals surface area contributed by atoms with Crippen molar-refractivity contribution in [3.05, 3.63) is 35.4 Å². The molecule has 0 saturated carbocycles. The van der Waals surface area contributed by atoms with Gasteiger partial charge in [0.05, 0.1) is 0 Å². The first-order chi connectivity index (χ1) is 9.85. The molecule has 0 radical (unpaired) electrons. The molecule has 0 aliphatic carbocycles. The minimum absolute atomic E-state index is 0.0191. The SMILES string of the molecule is CCC(C)[C@H](NC(=O)CCc1ccc(F)c(F)c1)C(=O)O. The Kier molecular flexibility index (Phi) is 6.27. The lowest BCUT2D eigenvalue weighted by atomic mass is 9.99. The Hall–Kier alpha value is -1.98. The van der Waals surface area contributed by atoms with Crippen LogP contribution in [0.4, 0.5) is 8.78 Å². The molecule has 2 atom stereocenters. The number of hydrogen-bond acceptors (Lipinski definition) is 2. The fraction of sp³-hybridized carbons (Fsp3) is 0.467. The van der Waals surface area contributed by atoms with Gasteiger partial charge in [0.2, 0.25) is 5.91 Å². The Balaban J connectivity index is 2.56.